The molecule has 0 radical (unpaired) electrons. The van der Waals surface area contributed by atoms with E-state index in [2.05, 4.69) is 20.6 Å². The number of aromatic nitrogens is 2. The van der Waals surface area contributed by atoms with Crippen molar-refractivity contribution in [3.63, 3.8) is 0 Å². The van der Waals surface area contributed by atoms with Crippen molar-refractivity contribution in [1.29, 1.82) is 0 Å². The molecule has 3 rings (SSSR count). The Morgan fingerprint density at radius 1 is 1.17 bits per heavy atom. The summed E-state index contributed by atoms with van der Waals surface area (Å²) in [5.41, 5.74) is 1.80. The van der Waals surface area contributed by atoms with Crippen LogP contribution in [-0.2, 0) is 4.79 Å². The monoisotopic (exact) mass is 308 g/mol. The number of anilines is 1. The molecule has 0 saturated heterocycles. The highest BCUT2D eigenvalue weighted by Crippen LogP contribution is 2.18. The molecule has 1 aromatic heterocycles. The quantitative estimate of drug-likeness (QED) is 0.686. The smallest absolute Gasteiger partial charge is 0.258 e. The van der Waals surface area contributed by atoms with Gasteiger partial charge < -0.3 is 15.6 Å². The van der Waals surface area contributed by atoms with Gasteiger partial charge in [0.15, 0.2) is 0 Å². The topological polar surface area (TPSA) is 86.9 Å². The molecule has 6 heteroatoms. The first kappa shape index (κ1) is 14.9. The zero-order chi connectivity index (χ0) is 16.2. The molecule has 2 aromatic carbocycles. The minimum atomic E-state index is -0.459. The number of hydrogen-bond acceptors (Lipinski definition) is 4. The van der Waals surface area contributed by atoms with E-state index >= 15 is 0 Å². The van der Waals surface area contributed by atoms with Gasteiger partial charge in [-0.25, -0.2) is 4.98 Å². The molecule has 0 aliphatic carbocycles. The Morgan fingerprint density at radius 3 is 2.70 bits per heavy atom. The van der Waals surface area contributed by atoms with Gasteiger partial charge in [-0.15, -0.1) is 0 Å². The fourth-order valence-corrected chi connectivity index (χ4v) is 2.46. The van der Waals surface area contributed by atoms with Crippen molar-refractivity contribution < 1.29 is 4.79 Å². The lowest BCUT2D eigenvalue weighted by Gasteiger charge is -2.16. The van der Waals surface area contributed by atoms with E-state index in [1.807, 2.05) is 30.3 Å². The lowest BCUT2D eigenvalue weighted by molar-refractivity contribution is -0.118. The van der Waals surface area contributed by atoms with Crippen molar-refractivity contribution in [2.75, 3.05) is 12.4 Å². The van der Waals surface area contributed by atoms with Crippen LogP contribution < -0.4 is 16.2 Å². The number of hydrogen-bond donors (Lipinski definition) is 3. The number of fused-ring (bicyclic) bond motifs is 1. The molecule has 0 spiro atoms. The third-order valence-electron chi connectivity index (χ3n) is 3.59. The second kappa shape index (κ2) is 6.41. The van der Waals surface area contributed by atoms with E-state index in [-0.39, 0.29) is 11.5 Å². The first-order valence-corrected chi connectivity index (χ1v) is 7.19. The highest BCUT2D eigenvalue weighted by Gasteiger charge is 2.18. The summed E-state index contributed by atoms with van der Waals surface area (Å²) in [6, 6.07) is 14.0. The van der Waals surface area contributed by atoms with E-state index in [4.69, 9.17) is 0 Å². The first-order chi connectivity index (χ1) is 11.2. The second-order valence-corrected chi connectivity index (χ2v) is 5.09. The molecule has 0 saturated carbocycles. The maximum atomic E-state index is 12.5. The molecule has 1 amide bonds. The third-order valence-corrected chi connectivity index (χ3v) is 3.59. The molecule has 0 unspecified atom stereocenters. The van der Waals surface area contributed by atoms with E-state index in [0.29, 0.717) is 16.6 Å². The minimum absolute atomic E-state index is 0.178. The van der Waals surface area contributed by atoms with E-state index in [1.54, 1.807) is 25.2 Å². The van der Waals surface area contributed by atoms with Crippen LogP contribution in [0.2, 0.25) is 0 Å². The molecule has 0 aliphatic heterocycles. The number of carbonyl (C=O) groups excluding carboxylic acids is 1. The Kier molecular flexibility index (Phi) is 4.16. The molecule has 3 aromatic rings. The molecule has 6 nitrogen and oxygen atoms in total. The predicted octanol–water partition coefficient (Wildman–Crippen LogP) is 1.82. The number of rotatable bonds is 4. The van der Waals surface area contributed by atoms with Crippen molar-refractivity contribution in [3.8, 4) is 0 Å². The molecular weight excluding hydrogens is 292 g/mol. The van der Waals surface area contributed by atoms with Gasteiger partial charge in [0.2, 0.25) is 5.91 Å². The van der Waals surface area contributed by atoms with Crippen LogP contribution in [0.25, 0.3) is 10.9 Å². The summed E-state index contributed by atoms with van der Waals surface area (Å²) in [5, 5.41) is 6.34. The van der Waals surface area contributed by atoms with Crippen LogP contribution in [0.3, 0.4) is 0 Å². The van der Waals surface area contributed by atoms with Crippen LogP contribution in [0.15, 0.2) is 59.7 Å². The number of aromatic amines is 1. The van der Waals surface area contributed by atoms with Gasteiger partial charge in [0.1, 0.15) is 6.04 Å². The first-order valence-electron chi connectivity index (χ1n) is 7.19. The van der Waals surface area contributed by atoms with E-state index < -0.39 is 6.04 Å². The summed E-state index contributed by atoms with van der Waals surface area (Å²) < 4.78 is 0. The average molecular weight is 308 g/mol. The number of benzene rings is 2. The van der Waals surface area contributed by atoms with Crippen molar-refractivity contribution in [1.82, 2.24) is 15.3 Å². The summed E-state index contributed by atoms with van der Waals surface area (Å²) in [6.45, 7) is 0. The molecule has 0 fully saturated rings. The van der Waals surface area contributed by atoms with E-state index in [0.717, 1.165) is 5.56 Å². The van der Waals surface area contributed by atoms with Crippen LogP contribution in [0.1, 0.15) is 11.6 Å². The van der Waals surface area contributed by atoms with Gasteiger partial charge in [0, 0.05) is 5.69 Å². The maximum Gasteiger partial charge on any atom is 0.258 e. The number of amides is 1. The zero-order valence-corrected chi connectivity index (χ0v) is 12.5. The van der Waals surface area contributed by atoms with Crippen molar-refractivity contribution >= 4 is 22.5 Å². The Balaban J connectivity index is 1.86. The minimum Gasteiger partial charge on any atom is -0.324 e. The van der Waals surface area contributed by atoms with Crippen molar-refractivity contribution in [2.45, 2.75) is 6.04 Å². The molecule has 1 heterocycles. The van der Waals surface area contributed by atoms with Gasteiger partial charge in [-0.05, 0) is 30.8 Å². The van der Waals surface area contributed by atoms with Gasteiger partial charge in [-0.1, -0.05) is 30.3 Å². The molecule has 23 heavy (non-hydrogen) atoms. The molecule has 0 aliphatic rings. The van der Waals surface area contributed by atoms with Crippen LogP contribution in [-0.4, -0.2) is 22.9 Å². The number of nitrogens with one attached hydrogen (secondary N) is 3. The van der Waals surface area contributed by atoms with Crippen LogP contribution in [0, 0.1) is 0 Å². The molecule has 0 bridgehead atoms. The molecular formula is C17H16N4O2. The summed E-state index contributed by atoms with van der Waals surface area (Å²) in [5.74, 6) is -0.178. The summed E-state index contributed by atoms with van der Waals surface area (Å²) in [7, 11) is 1.73. The van der Waals surface area contributed by atoms with Gasteiger partial charge in [0.25, 0.3) is 5.56 Å². The highest BCUT2D eigenvalue weighted by atomic mass is 16.2. The standard InChI is InChI=1S/C17H16N4O2/c1-18-15(11-5-3-2-4-6-11)17(23)21-12-7-8-13-14(9-12)19-10-20-16(13)22/h2-10,15,18H,1H3,(H,21,23)(H,19,20,22)/t15-/m0/s1. The van der Waals surface area contributed by atoms with Crippen LogP contribution in [0.5, 0.6) is 0 Å². The highest BCUT2D eigenvalue weighted by molar-refractivity contribution is 5.97. The number of likely N-dealkylation sites (N-methyl/N-ethyl adjacent to an activating group) is 1. The largest absolute Gasteiger partial charge is 0.324 e. The molecule has 116 valence electrons. The Hall–Kier alpha value is -2.99. The van der Waals surface area contributed by atoms with Crippen molar-refractivity contribution in [2.24, 2.45) is 0 Å². The van der Waals surface area contributed by atoms with Gasteiger partial charge >= 0.3 is 0 Å². The lowest BCUT2D eigenvalue weighted by atomic mass is 10.1. The maximum absolute atomic E-state index is 12.5. The third kappa shape index (κ3) is 3.12. The second-order valence-electron chi connectivity index (χ2n) is 5.09. The average Bonchev–Trinajstić information content (AvgIpc) is 2.56. The zero-order valence-electron chi connectivity index (χ0n) is 12.5. The Labute approximate surface area is 132 Å². The van der Waals surface area contributed by atoms with Gasteiger partial charge in [0.05, 0.1) is 17.2 Å². The van der Waals surface area contributed by atoms with Crippen LogP contribution >= 0.6 is 0 Å². The predicted molar refractivity (Wildman–Crippen MR) is 89.2 cm³/mol. The summed E-state index contributed by atoms with van der Waals surface area (Å²) in [4.78, 5) is 30.8. The number of nitrogens with zero attached hydrogens (tertiary/aromatic N) is 1. The fraction of sp³-hybridized carbons (Fsp3) is 0.118. The van der Waals surface area contributed by atoms with E-state index in [1.165, 1.54) is 6.33 Å². The normalized spacial score (nSPS) is 12.0. The van der Waals surface area contributed by atoms with E-state index in [9.17, 15) is 9.59 Å². The Morgan fingerprint density at radius 2 is 1.96 bits per heavy atom. The van der Waals surface area contributed by atoms with Gasteiger partial charge in [-0.3, -0.25) is 9.59 Å². The lowest BCUT2D eigenvalue weighted by Crippen LogP contribution is -2.30. The molecule has 1 atom stereocenters. The number of carbonyl (C=O) groups is 1. The SMILES string of the molecule is CN[C@H](C(=O)Nc1ccc2c(=O)[nH]cnc2c1)c1ccccc1. The van der Waals surface area contributed by atoms with Crippen molar-refractivity contribution in [3.05, 3.63) is 70.8 Å². The molecule has 3 N–H and O–H groups in total. The summed E-state index contributed by atoms with van der Waals surface area (Å²) >= 11 is 0. The summed E-state index contributed by atoms with van der Waals surface area (Å²) in [6.07, 6.45) is 1.34. The fourth-order valence-electron chi connectivity index (χ4n) is 2.46. The number of H-pyrrole nitrogens is 1. The van der Waals surface area contributed by atoms with Crippen LogP contribution in [0.4, 0.5) is 5.69 Å². The Bertz CT molecular complexity index is 890. The van der Waals surface area contributed by atoms with Gasteiger partial charge in [-0.2, -0.15) is 0 Å².